The van der Waals surface area contributed by atoms with Crippen molar-refractivity contribution in [2.45, 2.75) is 5.22 Å². The van der Waals surface area contributed by atoms with Crippen molar-refractivity contribution < 1.29 is 9.21 Å². The fourth-order valence-electron chi connectivity index (χ4n) is 1.56. The zero-order valence-electron chi connectivity index (χ0n) is 10.6. The normalized spacial score (nSPS) is 11.0. The maximum Gasteiger partial charge on any atom is 0.345 e. The van der Waals surface area contributed by atoms with Crippen LogP contribution in [0, 0.1) is 0 Å². The first-order valence-corrected chi connectivity index (χ1v) is 7.89. The maximum absolute atomic E-state index is 11.9. The second-order valence-corrected chi connectivity index (χ2v) is 6.18. The van der Waals surface area contributed by atoms with Crippen LogP contribution in [0.25, 0.3) is 5.84 Å². The quantitative estimate of drug-likeness (QED) is 0.700. The molecule has 0 atom stereocenters. The number of amides is 1. The van der Waals surface area contributed by atoms with Crippen LogP contribution in [0.5, 0.6) is 0 Å². The molecular formula is C11H6Cl3N5O2S. The minimum atomic E-state index is -0.315. The van der Waals surface area contributed by atoms with Crippen molar-refractivity contribution in [1.29, 1.82) is 0 Å². The van der Waals surface area contributed by atoms with Gasteiger partial charge in [0.05, 0.1) is 21.5 Å². The fourth-order valence-corrected chi connectivity index (χ4v) is 3.08. The molecule has 0 spiro atoms. The summed E-state index contributed by atoms with van der Waals surface area (Å²) in [5, 5.41) is 15.2. The summed E-state index contributed by atoms with van der Waals surface area (Å²) >= 11 is 18.9. The van der Waals surface area contributed by atoms with Gasteiger partial charge < -0.3 is 9.73 Å². The van der Waals surface area contributed by atoms with Crippen molar-refractivity contribution in [2.24, 2.45) is 0 Å². The molecule has 3 aromatic rings. The third-order valence-electron chi connectivity index (χ3n) is 2.47. The molecule has 0 radical (unpaired) electrons. The SMILES string of the molecule is O=C(CSc1nn2cnnc2o1)Nc1c(Cl)cc(Cl)cc1Cl. The second-order valence-electron chi connectivity index (χ2n) is 4.01. The summed E-state index contributed by atoms with van der Waals surface area (Å²) in [7, 11) is 0. The molecule has 0 aliphatic carbocycles. The van der Waals surface area contributed by atoms with E-state index in [9.17, 15) is 4.79 Å². The average Bonchev–Trinajstić information content (AvgIpc) is 3.01. The number of halogens is 3. The fraction of sp³-hybridized carbons (Fsp3) is 0.0909. The van der Waals surface area contributed by atoms with E-state index in [2.05, 4.69) is 20.6 Å². The van der Waals surface area contributed by atoms with E-state index in [1.165, 1.54) is 23.0 Å². The van der Waals surface area contributed by atoms with Gasteiger partial charge in [-0.05, 0) is 12.1 Å². The predicted octanol–water partition coefficient (Wildman–Crippen LogP) is 3.41. The number of anilines is 1. The van der Waals surface area contributed by atoms with E-state index in [1.807, 2.05) is 0 Å². The van der Waals surface area contributed by atoms with Crippen LogP contribution in [0.2, 0.25) is 15.1 Å². The Kier molecular flexibility index (Phi) is 4.44. The Morgan fingerprint density at radius 2 is 2.05 bits per heavy atom. The van der Waals surface area contributed by atoms with Crippen molar-refractivity contribution in [3.05, 3.63) is 33.5 Å². The smallest absolute Gasteiger partial charge is 0.345 e. The molecule has 2 heterocycles. The predicted molar refractivity (Wildman–Crippen MR) is 83.9 cm³/mol. The van der Waals surface area contributed by atoms with Crippen LogP contribution in [-0.4, -0.2) is 31.5 Å². The summed E-state index contributed by atoms with van der Waals surface area (Å²) < 4.78 is 6.63. The summed E-state index contributed by atoms with van der Waals surface area (Å²) in [5.74, 6) is 0.00335. The van der Waals surface area contributed by atoms with E-state index in [0.29, 0.717) is 15.9 Å². The lowest BCUT2D eigenvalue weighted by atomic mass is 10.3. The molecule has 0 aliphatic rings. The molecule has 0 unspecified atom stereocenters. The number of hydrogen-bond acceptors (Lipinski definition) is 6. The van der Waals surface area contributed by atoms with Crippen molar-refractivity contribution in [1.82, 2.24) is 19.8 Å². The lowest BCUT2D eigenvalue weighted by Gasteiger charge is -2.09. The van der Waals surface area contributed by atoms with E-state index in [4.69, 9.17) is 39.2 Å². The number of carbonyl (C=O) groups is 1. The number of fused-ring (bicyclic) bond motifs is 1. The summed E-state index contributed by atoms with van der Waals surface area (Å²) in [4.78, 5) is 11.9. The van der Waals surface area contributed by atoms with Gasteiger partial charge in [0.1, 0.15) is 6.33 Å². The Morgan fingerprint density at radius 1 is 1.32 bits per heavy atom. The first-order chi connectivity index (χ1) is 10.5. The number of rotatable bonds is 4. The van der Waals surface area contributed by atoms with Gasteiger partial charge in [0, 0.05) is 5.02 Å². The summed E-state index contributed by atoms with van der Waals surface area (Å²) in [6, 6.07) is 2.99. The zero-order valence-corrected chi connectivity index (χ0v) is 13.7. The van der Waals surface area contributed by atoms with Gasteiger partial charge in [-0.2, -0.15) is 4.52 Å². The highest BCUT2D eigenvalue weighted by Gasteiger charge is 2.14. The Hall–Kier alpha value is -1.48. The minimum absolute atomic E-state index is 0.0619. The third-order valence-corrected chi connectivity index (χ3v) is 4.10. The molecule has 22 heavy (non-hydrogen) atoms. The monoisotopic (exact) mass is 377 g/mol. The number of nitrogens with one attached hydrogen (secondary N) is 1. The van der Waals surface area contributed by atoms with E-state index >= 15 is 0 Å². The standard InChI is InChI=1S/C11H6Cl3N5O2S/c12-5-1-6(13)9(7(14)2-5)16-8(20)3-22-11-18-19-4-15-17-10(19)21-11/h1-2,4H,3H2,(H,16,20). The van der Waals surface area contributed by atoms with Gasteiger partial charge in [-0.1, -0.05) is 51.7 Å². The number of nitrogens with zero attached hydrogens (tertiary/aromatic N) is 4. The molecule has 1 amide bonds. The molecule has 2 aromatic heterocycles. The second kappa shape index (κ2) is 6.33. The van der Waals surface area contributed by atoms with E-state index in [0.717, 1.165) is 11.8 Å². The minimum Gasteiger partial charge on any atom is -0.396 e. The lowest BCUT2D eigenvalue weighted by molar-refractivity contribution is -0.113. The summed E-state index contributed by atoms with van der Waals surface area (Å²) in [6.07, 6.45) is 1.40. The zero-order chi connectivity index (χ0) is 15.7. The average molecular weight is 379 g/mol. The molecule has 0 aliphatic heterocycles. The number of carbonyl (C=O) groups excluding carboxylic acids is 1. The Balaban J connectivity index is 1.64. The van der Waals surface area contributed by atoms with E-state index in [1.54, 1.807) is 0 Å². The van der Waals surface area contributed by atoms with Gasteiger partial charge in [-0.15, -0.1) is 10.2 Å². The van der Waals surface area contributed by atoms with Gasteiger partial charge in [-0.3, -0.25) is 4.79 Å². The largest absolute Gasteiger partial charge is 0.396 e. The number of thioether (sulfide) groups is 1. The van der Waals surface area contributed by atoms with Gasteiger partial charge in [0.25, 0.3) is 5.22 Å². The third kappa shape index (κ3) is 3.30. The summed E-state index contributed by atoms with van der Waals surface area (Å²) in [6.45, 7) is 0. The molecule has 7 nitrogen and oxygen atoms in total. The maximum atomic E-state index is 11.9. The van der Waals surface area contributed by atoms with Crippen LogP contribution in [0.4, 0.5) is 5.69 Å². The highest BCUT2D eigenvalue weighted by molar-refractivity contribution is 7.99. The Morgan fingerprint density at radius 3 is 2.73 bits per heavy atom. The van der Waals surface area contributed by atoms with Crippen LogP contribution in [-0.2, 0) is 4.79 Å². The molecule has 0 fully saturated rings. The molecule has 0 saturated heterocycles. The molecule has 0 saturated carbocycles. The molecule has 1 aromatic carbocycles. The van der Waals surface area contributed by atoms with Crippen molar-refractivity contribution in [3.8, 4) is 0 Å². The Bertz CT molecular complexity index is 798. The molecule has 11 heteroatoms. The number of hydrogen-bond donors (Lipinski definition) is 1. The van der Waals surface area contributed by atoms with Gasteiger partial charge >= 0.3 is 5.84 Å². The van der Waals surface area contributed by atoms with E-state index < -0.39 is 0 Å². The van der Waals surface area contributed by atoms with Gasteiger partial charge in [-0.25, -0.2) is 0 Å². The first kappa shape index (κ1) is 15.4. The topological polar surface area (TPSA) is 85.3 Å². The first-order valence-electron chi connectivity index (χ1n) is 5.77. The molecule has 1 N–H and O–H groups in total. The highest BCUT2D eigenvalue weighted by Crippen LogP contribution is 2.33. The van der Waals surface area contributed by atoms with Crippen LogP contribution < -0.4 is 5.32 Å². The molecule has 114 valence electrons. The lowest BCUT2D eigenvalue weighted by Crippen LogP contribution is -2.14. The van der Waals surface area contributed by atoms with E-state index in [-0.39, 0.29) is 27.5 Å². The molecule has 0 bridgehead atoms. The number of aromatic nitrogens is 4. The summed E-state index contributed by atoms with van der Waals surface area (Å²) in [5.41, 5.74) is 0.310. The van der Waals surface area contributed by atoms with Crippen LogP contribution >= 0.6 is 46.6 Å². The van der Waals surface area contributed by atoms with Crippen molar-refractivity contribution in [2.75, 3.05) is 11.1 Å². The van der Waals surface area contributed by atoms with Gasteiger partial charge in [0.2, 0.25) is 5.91 Å². The van der Waals surface area contributed by atoms with Crippen molar-refractivity contribution in [3.63, 3.8) is 0 Å². The molecule has 3 rings (SSSR count). The van der Waals surface area contributed by atoms with Crippen molar-refractivity contribution >= 4 is 64.0 Å². The highest BCUT2D eigenvalue weighted by atomic mass is 35.5. The Labute approximate surface area is 142 Å². The van der Waals surface area contributed by atoms with Gasteiger partial charge in [0.15, 0.2) is 0 Å². The number of benzene rings is 1. The molecular weight excluding hydrogens is 373 g/mol. The van der Waals surface area contributed by atoms with Crippen LogP contribution in [0.3, 0.4) is 0 Å². The van der Waals surface area contributed by atoms with Crippen LogP contribution in [0.15, 0.2) is 28.1 Å². The van der Waals surface area contributed by atoms with Crippen LogP contribution in [0.1, 0.15) is 0 Å².